The number of hydrogen-bond acceptors (Lipinski definition) is 3. The van der Waals surface area contributed by atoms with Crippen LogP contribution in [0.1, 0.15) is 33.7 Å². The van der Waals surface area contributed by atoms with Gasteiger partial charge >= 0.3 is 0 Å². The van der Waals surface area contributed by atoms with Gasteiger partial charge in [0.05, 0.1) is 12.2 Å². The molecule has 2 amide bonds. The van der Waals surface area contributed by atoms with Crippen LogP contribution in [-0.4, -0.2) is 28.1 Å². The zero-order valence-corrected chi connectivity index (χ0v) is 17.6. The lowest BCUT2D eigenvalue weighted by Crippen LogP contribution is -2.33. The molecule has 0 fully saturated rings. The molecule has 1 aliphatic carbocycles. The highest BCUT2D eigenvalue weighted by Crippen LogP contribution is 2.27. The number of anilines is 1. The molecule has 7 heteroatoms. The topological polar surface area (TPSA) is 76.0 Å². The first-order valence-corrected chi connectivity index (χ1v) is 10.3. The van der Waals surface area contributed by atoms with Gasteiger partial charge in [-0.15, -0.1) is 0 Å². The molecular weight excluding hydrogens is 432 g/mol. The van der Waals surface area contributed by atoms with Gasteiger partial charge in [-0.3, -0.25) is 9.59 Å². The van der Waals surface area contributed by atoms with E-state index in [9.17, 15) is 9.59 Å². The highest BCUT2D eigenvalue weighted by Gasteiger charge is 2.27. The Morgan fingerprint density at radius 3 is 2.69 bits per heavy atom. The van der Waals surface area contributed by atoms with Crippen LogP contribution in [0, 0.1) is 6.92 Å². The van der Waals surface area contributed by atoms with Crippen LogP contribution in [0.5, 0.6) is 0 Å². The van der Waals surface area contributed by atoms with E-state index in [0.717, 1.165) is 51.9 Å². The van der Waals surface area contributed by atoms with E-state index < -0.39 is 0 Å². The average Bonchev–Trinajstić information content (AvgIpc) is 3.32. The molecule has 0 saturated carbocycles. The third kappa shape index (κ3) is 4.10. The van der Waals surface area contributed by atoms with Crippen molar-refractivity contribution in [2.45, 2.75) is 26.2 Å². The molecule has 0 unspecified atom stereocenters. The summed E-state index contributed by atoms with van der Waals surface area (Å²) in [5.41, 5.74) is 5.08. The van der Waals surface area contributed by atoms with Crippen LogP contribution in [0.25, 0.3) is 5.69 Å². The molecule has 0 bridgehead atoms. The summed E-state index contributed by atoms with van der Waals surface area (Å²) in [6.45, 7) is 1.81. The molecule has 3 aromatic rings. The van der Waals surface area contributed by atoms with Crippen LogP contribution in [0.4, 0.5) is 5.69 Å². The molecule has 1 aromatic heterocycles. The maximum Gasteiger partial charge on any atom is 0.272 e. The van der Waals surface area contributed by atoms with Crippen LogP contribution in [-0.2, 0) is 17.6 Å². The molecule has 0 atom stereocenters. The average molecular weight is 453 g/mol. The molecule has 0 spiro atoms. The Bertz CT molecular complexity index is 1080. The number of carbonyl (C=O) groups is 2. The normalized spacial score (nSPS) is 12.5. The number of aryl methyl sites for hydroxylation is 1. The summed E-state index contributed by atoms with van der Waals surface area (Å²) < 4.78 is 2.80. The van der Waals surface area contributed by atoms with Gasteiger partial charge in [-0.2, -0.15) is 5.10 Å². The summed E-state index contributed by atoms with van der Waals surface area (Å²) in [5, 5.41) is 10.1. The number of para-hydroxylation sites is 1. The number of fused-ring (bicyclic) bond motifs is 1. The second-order valence-corrected chi connectivity index (χ2v) is 7.98. The minimum Gasteiger partial charge on any atom is -0.342 e. The fourth-order valence-electron chi connectivity index (χ4n) is 3.61. The fourth-order valence-corrected chi connectivity index (χ4v) is 4.08. The van der Waals surface area contributed by atoms with Crippen molar-refractivity contribution in [3.63, 3.8) is 0 Å². The van der Waals surface area contributed by atoms with Gasteiger partial charge in [0.2, 0.25) is 5.91 Å². The number of halogens is 1. The van der Waals surface area contributed by atoms with Crippen molar-refractivity contribution in [2.75, 3.05) is 11.9 Å². The first-order valence-electron chi connectivity index (χ1n) is 9.53. The Morgan fingerprint density at radius 1 is 1.14 bits per heavy atom. The highest BCUT2D eigenvalue weighted by atomic mass is 79.9. The standard InChI is InChI=1S/C22H21BrN4O2/c1-14-12-15(23)10-11-18(14)25-20(28)13-24-22(29)21-17-8-5-9-19(17)27(26-21)16-6-3-2-4-7-16/h2-4,6-7,10-12H,5,8-9,13H2,1H3,(H,24,29)(H,25,28). The van der Waals surface area contributed by atoms with Gasteiger partial charge < -0.3 is 10.6 Å². The second kappa shape index (κ2) is 8.21. The molecule has 0 radical (unpaired) electrons. The summed E-state index contributed by atoms with van der Waals surface area (Å²) in [5.74, 6) is -0.594. The monoisotopic (exact) mass is 452 g/mol. The number of nitrogens with one attached hydrogen (secondary N) is 2. The van der Waals surface area contributed by atoms with Gasteiger partial charge in [-0.1, -0.05) is 34.1 Å². The van der Waals surface area contributed by atoms with Crippen molar-refractivity contribution in [1.29, 1.82) is 0 Å². The van der Waals surface area contributed by atoms with Crippen LogP contribution in [0.2, 0.25) is 0 Å². The lowest BCUT2D eigenvalue weighted by atomic mass is 10.2. The molecule has 0 aliphatic heterocycles. The minimum absolute atomic E-state index is 0.110. The van der Waals surface area contributed by atoms with E-state index in [-0.39, 0.29) is 18.4 Å². The molecule has 4 rings (SSSR count). The maximum atomic E-state index is 12.7. The number of aromatic nitrogens is 2. The summed E-state index contributed by atoms with van der Waals surface area (Å²) >= 11 is 3.40. The number of amides is 2. The zero-order valence-electron chi connectivity index (χ0n) is 16.0. The van der Waals surface area contributed by atoms with Crippen molar-refractivity contribution in [1.82, 2.24) is 15.1 Å². The Balaban J connectivity index is 1.46. The molecule has 0 saturated heterocycles. The van der Waals surface area contributed by atoms with Gasteiger partial charge in [0.1, 0.15) is 0 Å². The molecule has 1 aliphatic rings. The summed E-state index contributed by atoms with van der Waals surface area (Å²) in [7, 11) is 0. The van der Waals surface area contributed by atoms with Crippen molar-refractivity contribution in [3.8, 4) is 5.69 Å². The lowest BCUT2D eigenvalue weighted by Gasteiger charge is -2.09. The first kappa shape index (κ1) is 19.4. The van der Waals surface area contributed by atoms with E-state index >= 15 is 0 Å². The van der Waals surface area contributed by atoms with Crippen molar-refractivity contribution >= 4 is 33.4 Å². The molecule has 148 valence electrons. The van der Waals surface area contributed by atoms with Gasteiger partial charge in [0.15, 0.2) is 5.69 Å². The summed E-state index contributed by atoms with van der Waals surface area (Å²) in [6.07, 6.45) is 2.73. The van der Waals surface area contributed by atoms with E-state index in [1.807, 2.05) is 60.1 Å². The first-order chi connectivity index (χ1) is 14.0. The maximum absolute atomic E-state index is 12.7. The summed E-state index contributed by atoms with van der Waals surface area (Å²) in [4.78, 5) is 25.0. The number of carbonyl (C=O) groups excluding carboxylic acids is 2. The van der Waals surface area contributed by atoms with Crippen molar-refractivity contribution < 1.29 is 9.59 Å². The van der Waals surface area contributed by atoms with Crippen LogP contribution < -0.4 is 10.6 Å². The molecular formula is C22H21BrN4O2. The lowest BCUT2D eigenvalue weighted by molar-refractivity contribution is -0.115. The number of nitrogens with zero attached hydrogens (tertiary/aromatic N) is 2. The van der Waals surface area contributed by atoms with E-state index in [4.69, 9.17) is 0 Å². The number of hydrogen-bond donors (Lipinski definition) is 2. The van der Waals surface area contributed by atoms with Crippen molar-refractivity contribution in [3.05, 3.63) is 75.5 Å². The third-order valence-electron chi connectivity index (χ3n) is 5.02. The van der Waals surface area contributed by atoms with Gasteiger partial charge in [-0.25, -0.2) is 4.68 Å². The van der Waals surface area contributed by atoms with Gasteiger partial charge in [-0.05, 0) is 62.1 Å². The smallest absolute Gasteiger partial charge is 0.272 e. The Hall–Kier alpha value is -2.93. The highest BCUT2D eigenvalue weighted by molar-refractivity contribution is 9.10. The number of benzene rings is 2. The van der Waals surface area contributed by atoms with Crippen molar-refractivity contribution in [2.24, 2.45) is 0 Å². The second-order valence-electron chi connectivity index (χ2n) is 7.06. The SMILES string of the molecule is Cc1cc(Br)ccc1NC(=O)CNC(=O)c1nn(-c2ccccc2)c2c1CCC2. The molecule has 2 aromatic carbocycles. The Kier molecular flexibility index (Phi) is 5.49. The predicted molar refractivity (Wildman–Crippen MR) is 115 cm³/mol. The molecule has 1 heterocycles. The van der Waals surface area contributed by atoms with E-state index in [1.54, 1.807) is 0 Å². The Labute approximate surface area is 177 Å². The van der Waals surface area contributed by atoms with Crippen LogP contribution in [0.15, 0.2) is 53.0 Å². The van der Waals surface area contributed by atoms with Crippen LogP contribution in [0.3, 0.4) is 0 Å². The molecule has 2 N–H and O–H groups in total. The fraction of sp³-hybridized carbons (Fsp3) is 0.227. The van der Waals surface area contributed by atoms with Gasteiger partial charge in [0, 0.05) is 21.4 Å². The predicted octanol–water partition coefficient (Wildman–Crippen LogP) is 3.80. The van der Waals surface area contributed by atoms with Crippen LogP contribution >= 0.6 is 15.9 Å². The van der Waals surface area contributed by atoms with E-state index in [0.29, 0.717) is 5.69 Å². The largest absolute Gasteiger partial charge is 0.342 e. The Morgan fingerprint density at radius 2 is 1.93 bits per heavy atom. The van der Waals surface area contributed by atoms with E-state index in [1.165, 1.54) is 0 Å². The van der Waals surface area contributed by atoms with E-state index in [2.05, 4.69) is 31.7 Å². The zero-order chi connectivity index (χ0) is 20.4. The third-order valence-corrected chi connectivity index (χ3v) is 5.51. The molecule has 6 nitrogen and oxygen atoms in total. The molecule has 29 heavy (non-hydrogen) atoms. The summed E-state index contributed by atoms with van der Waals surface area (Å²) in [6, 6.07) is 15.4. The quantitative estimate of drug-likeness (QED) is 0.617. The minimum atomic E-state index is -0.319. The van der Waals surface area contributed by atoms with Gasteiger partial charge in [0.25, 0.3) is 5.91 Å². The number of rotatable bonds is 5.